The van der Waals surface area contributed by atoms with Gasteiger partial charge >= 0.3 is 0 Å². The van der Waals surface area contributed by atoms with Gasteiger partial charge in [0.15, 0.2) is 0 Å². The second-order valence-electron chi connectivity index (χ2n) is 6.31. The molecule has 0 saturated heterocycles. The zero-order chi connectivity index (χ0) is 15.0. The average molecular weight is 283 g/mol. The van der Waals surface area contributed by atoms with Gasteiger partial charge in [-0.3, -0.25) is 0 Å². The third-order valence-electron chi connectivity index (χ3n) is 3.44. The minimum Gasteiger partial charge on any atom is -0.470 e. The van der Waals surface area contributed by atoms with Gasteiger partial charge in [0.2, 0.25) is 5.88 Å². The normalized spacial score (nSPS) is 14.1. The summed E-state index contributed by atoms with van der Waals surface area (Å²) in [6.07, 6.45) is 1.04. The Balaban J connectivity index is 1.96. The minimum absolute atomic E-state index is 0.317. The van der Waals surface area contributed by atoms with Crippen molar-refractivity contribution in [3.05, 3.63) is 42.0 Å². The highest BCUT2D eigenvalue weighted by molar-refractivity contribution is 5.69. The van der Waals surface area contributed by atoms with E-state index >= 15 is 0 Å². The summed E-state index contributed by atoms with van der Waals surface area (Å²) in [4.78, 5) is 6.83. The van der Waals surface area contributed by atoms with Gasteiger partial charge in [-0.2, -0.15) is 4.98 Å². The van der Waals surface area contributed by atoms with Gasteiger partial charge in [0, 0.05) is 12.2 Å². The summed E-state index contributed by atoms with van der Waals surface area (Å²) < 4.78 is 5.86. The Morgan fingerprint density at radius 1 is 1.14 bits per heavy atom. The lowest BCUT2D eigenvalue weighted by Crippen LogP contribution is -2.25. The molecule has 0 aliphatic carbocycles. The number of benzene rings is 1. The molecule has 3 rings (SSSR count). The molecule has 0 spiro atoms. The predicted octanol–water partition coefficient (Wildman–Crippen LogP) is 3.54. The van der Waals surface area contributed by atoms with Crippen LogP contribution in [0, 0.1) is 0 Å². The van der Waals surface area contributed by atoms with Crippen LogP contribution in [0.3, 0.4) is 0 Å². The number of nitrogen functional groups attached to an aromatic ring is 1. The lowest BCUT2D eigenvalue weighted by Gasteiger charge is -2.24. The van der Waals surface area contributed by atoms with Crippen molar-refractivity contribution in [2.24, 2.45) is 0 Å². The minimum atomic E-state index is -0.317. The van der Waals surface area contributed by atoms with E-state index in [9.17, 15) is 0 Å². The molecule has 110 valence electrons. The molecule has 1 aliphatic rings. The Morgan fingerprint density at radius 2 is 1.90 bits per heavy atom. The van der Waals surface area contributed by atoms with E-state index in [2.05, 4.69) is 34.1 Å². The highest BCUT2D eigenvalue weighted by Gasteiger charge is 2.22. The summed E-state index contributed by atoms with van der Waals surface area (Å²) in [6.45, 7) is 6.91. The lowest BCUT2D eigenvalue weighted by atomic mass is 10.2. The van der Waals surface area contributed by atoms with Gasteiger partial charge in [-0.05, 0) is 51.0 Å². The van der Waals surface area contributed by atoms with Crippen LogP contribution in [0.25, 0.3) is 0 Å². The second kappa shape index (κ2) is 4.95. The third kappa shape index (κ3) is 2.79. The maximum Gasteiger partial charge on any atom is 0.239 e. The van der Waals surface area contributed by atoms with Crippen LogP contribution >= 0.6 is 0 Å². The van der Waals surface area contributed by atoms with Crippen molar-refractivity contribution < 1.29 is 4.74 Å². The first kappa shape index (κ1) is 13.7. The Kier molecular flexibility index (Phi) is 3.24. The summed E-state index contributed by atoms with van der Waals surface area (Å²) in [6, 6.07) is 12.2. The molecule has 0 unspecified atom stereocenters. The smallest absolute Gasteiger partial charge is 0.239 e. The fraction of sp³-hybridized carbons (Fsp3) is 0.353. The Bertz CT molecular complexity index is 661. The lowest BCUT2D eigenvalue weighted by molar-refractivity contribution is 0.125. The summed E-state index contributed by atoms with van der Waals surface area (Å²) in [5.74, 6) is 1.39. The zero-order valence-electron chi connectivity index (χ0n) is 12.8. The third-order valence-corrected chi connectivity index (χ3v) is 3.44. The van der Waals surface area contributed by atoms with Crippen LogP contribution in [-0.2, 0) is 6.42 Å². The van der Waals surface area contributed by atoms with Gasteiger partial charge < -0.3 is 15.4 Å². The molecule has 1 aliphatic heterocycles. The van der Waals surface area contributed by atoms with Crippen LogP contribution in [0.2, 0.25) is 0 Å². The predicted molar refractivity (Wildman–Crippen MR) is 86.2 cm³/mol. The Morgan fingerprint density at radius 3 is 2.67 bits per heavy atom. The number of fused-ring (bicyclic) bond motifs is 1. The molecule has 0 saturated carbocycles. The second-order valence-corrected chi connectivity index (χ2v) is 6.31. The number of rotatable bonds is 2. The molecule has 4 heteroatoms. The molecule has 0 amide bonds. The van der Waals surface area contributed by atoms with Gasteiger partial charge in [0.25, 0.3) is 0 Å². The van der Waals surface area contributed by atoms with Gasteiger partial charge in [-0.15, -0.1) is 0 Å². The summed E-state index contributed by atoms with van der Waals surface area (Å²) in [5, 5.41) is 0. The molecular formula is C17H21N3O. The van der Waals surface area contributed by atoms with Gasteiger partial charge in [-0.1, -0.05) is 18.2 Å². The summed E-state index contributed by atoms with van der Waals surface area (Å²) in [5.41, 5.74) is 8.81. The number of anilines is 3. The molecule has 4 nitrogen and oxygen atoms in total. The van der Waals surface area contributed by atoms with E-state index in [1.807, 2.05) is 32.9 Å². The van der Waals surface area contributed by atoms with E-state index in [0.29, 0.717) is 11.6 Å². The van der Waals surface area contributed by atoms with Gasteiger partial charge in [0.05, 0.1) is 5.69 Å². The van der Waals surface area contributed by atoms with Crippen LogP contribution in [0.1, 0.15) is 26.3 Å². The molecule has 1 aromatic carbocycles. The molecule has 2 aromatic rings. The standard InChI is InChI=1S/C17H21N3O/c1-17(2,3)21-16-13(18)8-9-15(19-16)20-11-10-12-6-4-5-7-14(12)20/h4-9H,10-11,18H2,1-3H3. The number of nitrogens with zero attached hydrogens (tertiary/aromatic N) is 2. The first-order valence-electron chi connectivity index (χ1n) is 7.25. The van der Waals surface area contributed by atoms with Crippen LogP contribution in [0.5, 0.6) is 5.88 Å². The fourth-order valence-electron chi connectivity index (χ4n) is 2.54. The van der Waals surface area contributed by atoms with Gasteiger partial charge in [-0.25, -0.2) is 0 Å². The molecule has 0 fully saturated rings. The summed E-state index contributed by atoms with van der Waals surface area (Å²) in [7, 11) is 0. The number of hydrogen-bond donors (Lipinski definition) is 1. The van der Waals surface area contributed by atoms with Crippen LogP contribution in [0.15, 0.2) is 36.4 Å². The SMILES string of the molecule is CC(C)(C)Oc1nc(N2CCc3ccccc32)ccc1N. The van der Waals surface area contributed by atoms with Crippen molar-refractivity contribution in [2.45, 2.75) is 32.8 Å². The van der Waals surface area contributed by atoms with E-state index in [1.54, 1.807) is 0 Å². The number of nitrogens with two attached hydrogens (primary N) is 1. The number of para-hydroxylation sites is 1. The number of hydrogen-bond acceptors (Lipinski definition) is 4. The maximum absolute atomic E-state index is 5.98. The molecule has 1 aromatic heterocycles. The monoisotopic (exact) mass is 283 g/mol. The van der Waals surface area contributed by atoms with Crippen molar-refractivity contribution in [2.75, 3.05) is 17.2 Å². The largest absolute Gasteiger partial charge is 0.470 e. The van der Waals surface area contributed by atoms with E-state index in [0.717, 1.165) is 18.8 Å². The average Bonchev–Trinajstić information content (AvgIpc) is 2.84. The Hall–Kier alpha value is -2.23. The highest BCUT2D eigenvalue weighted by atomic mass is 16.5. The van der Waals surface area contributed by atoms with Crippen molar-refractivity contribution in [3.8, 4) is 5.88 Å². The highest BCUT2D eigenvalue weighted by Crippen LogP contribution is 2.35. The molecule has 0 bridgehead atoms. The van der Waals surface area contributed by atoms with E-state index < -0.39 is 0 Å². The zero-order valence-corrected chi connectivity index (χ0v) is 12.8. The van der Waals surface area contributed by atoms with Crippen LogP contribution in [0.4, 0.5) is 17.2 Å². The molecule has 2 N–H and O–H groups in total. The Labute approximate surface area is 125 Å². The molecular weight excluding hydrogens is 262 g/mol. The maximum atomic E-state index is 5.98. The number of aromatic nitrogens is 1. The van der Waals surface area contributed by atoms with Crippen molar-refractivity contribution >= 4 is 17.2 Å². The van der Waals surface area contributed by atoms with Crippen LogP contribution < -0.4 is 15.4 Å². The molecule has 0 radical (unpaired) electrons. The quantitative estimate of drug-likeness (QED) is 0.916. The number of pyridine rings is 1. The first-order valence-corrected chi connectivity index (χ1v) is 7.25. The van der Waals surface area contributed by atoms with Gasteiger partial charge in [0.1, 0.15) is 11.4 Å². The van der Waals surface area contributed by atoms with Crippen molar-refractivity contribution in [3.63, 3.8) is 0 Å². The fourth-order valence-corrected chi connectivity index (χ4v) is 2.54. The number of ether oxygens (including phenoxy) is 1. The summed E-state index contributed by atoms with van der Waals surface area (Å²) >= 11 is 0. The molecule has 0 atom stereocenters. The molecule has 21 heavy (non-hydrogen) atoms. The van der Waals surface area contributed by atoms with Crippen molar-refractivity contribution in [1.82, 2.24) is 4.98 Å². The topological polar surface area (TPSA) is 51.4 Å². The molecule has 2 heterocycles. The van der Waals surface area contributed by atoms with E-state index in [-0.39, 0.29) is 5.60 Å². The van der Waals surface area contributed by atoms with Crippen molar-refractivity contribution in [1.29, 1.82) is 0 Å². The van der Waals surface area contributed by atoms with Crippen LogP contribution in [-0.4, -0.2) is 17.1 Å². The van der Waals surface area contributed by atoms with E-state index in [4.69, 9.17) is 10.5 Å². The van der Waals surface area contributed by atoms with E-state index in [1.165, 1.54) is 11.3 Å². The first-order chi connectivity index (χ1) is 9.94.